The van der Waals surface area contributed by atoms with Crippen LogP contribution in [0.3, 0.4) is 0 Å². The Kier molecular flexibility index (Phi) is 2.56. The Morgan fingerprint density at radius 3 is 2.46 bits per heavy atom. The fraction of sp³-hybridized carbons (Fsp3) is 0.250. The standard InChI is InChI=1S/C8H9FO3S/c1-7-2-4-8(5-3-7)13(10,11)12-6-9/h2-5H,6H2,1H3/i6D. The summed E-state index contributed by atoms with van der Waals surface area (Å²) in [5, 5.41) is 0. The van der Waals surface area contributed by atoms with Crippen LogP contribution in [-0.4, -0.2) is 15.3 Å². The second kappa shape index (κ2) is 3.85. The Hall–Kier alpha value is -0.940. The van der Waals surface area contributed by atoms with Crippen molar-refractivity contribution in [3.8, 4) is 0 Å². The Morgan fingerprint density at radius 1 is 1.46 bits per heavy atom. The Balaban J connectivity index is 2.99. The van der Waals surface area contributed by atoms with Gasteiger partial charge in [0.1, 0.15) is 0 Å². The number of benzene rings is 1. The van der Waals surface area contributed by atoms with Gasteiger partial charge in [-0.05, 0) is 19.1 Å². The Bertz CT molecular complexity index is 399. The van der Waals surface area contributed by atoms with E-state index in [4.69, 9.17) is 1.37 Å². The first-order valence-corrected chi connectivity index (χ1v) is 4.89. The molecule has 13 heavy (non-hydrogen) atoms. The summed E-state index contributed by atoms with van der Waals surface area (Å²) in [4.78, 5) is -0.155. The van der Waals surface area contributed by atoms with Crippen molar-refractivity contribution in [3.05, 3.63) is 29.8 Å². The number of hydrogen-bond acceptors (Lipinski definition) is 3. The van der Waals surface area contributed by atoms with E-state index in [0.29, 0.717) is 0 Å². The van der Waals surface area contributed by atoms with Crippen molar-refractivity contribution < 1.29 is 18.4 Å². The first-order valence-electron chi connectivity index (χ1n) is 4.06. The van der Waals surface area contributed by atoms with Crippen LogP contribution >= 0.6 is 0 Å². The van der Waals surface area contributed by atoms with Crippen LogP contribution in [0.5, 0.6) is 0 Å². The molecule has 0 fully saturated rings. The molecule has 72 valence electrons. The van der Waals surface area contributed by atoms with Crippen molar-refractivity contribution >= 4 is 10.1 Å². The summed E-state index contributed by atoms with van der Waals surface area (Å²) in [6.07, 6.45) is 0. The van der Waals surface area contributed by atoms with Crippen LogP contribution < -0.4 is 0 Å². The minimum absolute atomic E-state index is 0.155. The van der Waals surface area contributed by atoms with Gasteiger partial charge in [-0.3, -0.25) is 0 Å². The van der Waals surface area contributed by atoms with Crippen molar-refractivity contribution in [1.29, 1.82) is 0 Å². The molecule has 0 amide bonds. The molecule has 0 spiro atoms. The van der Waals surface area contributed by atoms with Crippen molar-refractivity contribution in [2.24, 2.45) is 0 Å². The lowest BCUT2D eigenvalue weighted by Crippen LogP contribution is -2.05. The molecule has 0 aromatic heterocycles. The molecule has 1 aromatic carbocycles. The van der Waals surface area contributed by atoms with Gasteiger partial charge in [-0.25, -0.2) is 8.57 Å². The van der Waals surface area contributed by atoms with Gasteiger partial charge < -0.3 is 0 Å². The topological polar surface area (TPSA) is 43.4 Å². The van der Waals surface area contributed by atoms with Crippen LogP contribution in [-0.2, 0) is 14.3 Å². The highest BCUT2D eigenvalue weighted by Gasteiger charge is 2.13. The van der Waals surface area contributed by atoms with Crippen LogP contribution in [0.25, 0.3) is 0 Å². The minimum atomic E-state index is -4.14. The fourth-order valence-corrected chi connectivity index (χ4v) is 1.48. The van der Waals surface area contributed by atoms with Gasteiger partial charge in [0, 0.05) is 0 Å². The molecule has 0 heterocycles. The molecule has 0 aliphatic carbocycles. The molecule has 5 heteroatoms. The van der Waals surface area contributed by atoms with E-state index < -0.39 is 17.0 Å². The SMILES string of the molecule is [2H]C(F)OS(=O)(=O)c1ccc(C)cc1. The van der Waals surface area contributed by atoms with Crippen molar-refractivity contribution in [3.63, 3.8) is 0 Å². The summed E-state index contributed by atoms with van der Waals surface area (Å²) in [6.45, 7) is -0.791. The zero-order chi connectivity index (χ0) is 10.8. The molecular formula is C8H9FO3S. The molecule has 0 N–H and O–H groups in total. The Labute approximate surface area is 77.7 Å². The monoisotopic (exact) mass is 205 g/mol. The smallest absolute Gasteiger partial charge is 0.232 e. The lowest BCUT2D eigenvalue weighted by atomic mass is 10.2. The van der Waals surface area contributed by atoms with E-state index in [1.807, 2.05) is 0 Å². The molecule has 0 bridgehead atoms. The maximum Gasteiger partial charge on any atom is 0.299 e. The summed E-state index contributed by atoms with van der Waals surface area (Å²) < 4.78 is 44.6. The molecule has 0 saturated carbocycles. The molecule has 1 unspecified atom stereocenters. The molecule has 3 nitrogen and oxygen atoms in total. The fourth-order valence-electron chi connectivity index (χ4n) is 0.808. The van der Waals surface area contributed by atoms with E-state index in [9.17, 15) is 12.8 Å². The van der Waals surface area contributed by atoms with E-state index in [1.165, 1.54) is 12.1 Å². The van der Waals surface area contributed by atoms with E-state index in [1.54, 1.807) is 19.1 Å². The number of hydrogen-bond donors (Lipinski definition) is 0. The molecule has 1 aromatic rings. The summed E-state index contributed by atoms with van der Waals surface area (Å²) in [7, 11) is -4.14. The highest BCUT2D eigenvalue weighted by atomic mass is 32.2. The van der Waals surface area contributed by atoms with Gasteiger partial charge in [0.2, 0.25) is 6.84 Å². The van der Waals surface area contributed by atoms with E-state index in [0.717, 1.165) is 5.56 Å². The third-order valence-corrected chi connectivity index (χ3v) is 2.65. The predicted molar refractivity (Wildman–Crippen MR) is 45.4 cm³/mol. The largest absolute Gasteiger partial charge is 0.299 e. The molecule has 0 radical (unpaired) electrons. The van der Waals surface area contributed by atoms with Crippen LogP contribution in [0.2, 0.25) is 0 Å². The third kappa shape index (κ3) is 2.50. The van der Waals surface area contributed by atoms with Crippen LogP contribution in [0.1, 0.15) is 6.93 Å². The first-order chi connectivity index (χ1) is 6.42. The molecule has 1 atom stereocenters. The van der Waals surface area contributed by atoms with Crippen LogP contribution in [0.4, 0.5) is 4.39 Å². The Morgan fingerprint density at radius 2 is 2.00 bits per heavy atom. The normalized spacial score (nSPS) is 15.1. The number of alkyl halides is 1. The molecule has 0 aliphatic rings. The van der Waals surface area contributed by atoms with E-state index in [2.05, 4.69) is 4.18 Å². The van der Waals surface area contributed by atoms with Gasteiger partial charge in [-0.2, -0.15) is 8.42 Å². The third-order valence-electron chi connectivity index (χ3n) is 1.47. The van der Waals surface area contributed by atoms with Crippen molar-refractivity contribution in [1.82, 2.24) is 0 Å². The van der Waals surface area contributed by atoms with Crippen LogP contribution in [0, 0.1) is 6.92 Å². The zero-order valence-corrected chi connectivity index (χ0v) is 7.71. The van der Waals surface area contributed by atoms with Crippen molar-refractivity contribution in [2.75, 3.05) is 6.84 Å². The van der Waals surface area contributed by atoms with Gasteiger partial charge >= 0.3 is 0 Å². The number of halogens is 1. The van der Waals surface area contributed by atoms with Gasteiger partial charge in [-0.15, -0.1) is 0 Å². The second-order valence-electron chi connectivity index (χ2n) is 2.45. The molecule has 1 rings (SSSR count). The highest BCUT2D eigenvalue weighted by molar-refractivity contribution is 7.86. The quantitative estimate of drug-likeness (QED) is 0.704. The number of aryl methyl sites for hydroxylation is 1. The zero-order valence-electron chi connectivity index (χ0n) is 7.90. The summed E-state index contributed by atoms with van der Waals surface area (Å²) in [5.74, 6) is 0. The second-order valence-corrected chi connectivity index (χ2v) is 4.02. The minimum Gasteiger partial charge on any atom is -0.232 e. The molecule has 0 saturated heterocycles. The maximum absolute atomic E-state index is 12.0. The molecular weight excluding hydrogens is 195 g/mol. The van der Waals surface area contributed by atoms with E-state index in [-0.39, 0.29) is 4.90 Å². The average Bonchev–Trinajstić information content (AvgIpc) is 2.02. The highest BCUT2D eigenvalue weighted by Crippen LogP contribution is 2.12. The van der Waals surface area contributed by atoms with Crippen LogP contribution in [0.15, 0.2) is 29.2 Å². The lowest BCUT2D eigenvalue weighted by molar-refractivity contribution is 0.198. The van der Waals surface area contributed by atoms with Gasteiger partial charge in [-0.1, -0.05) is 17.7 Å². The van der Waals surface area contributed by atoms with Gasteiger partial charge in [0.05, 0.1) is 6.27 Å². The van der Waals surface area contributed by atoms with Crippen molar-refractivity contribution in [2.45, 2.75) is 11.8 Å². The van der Waals surface area contributed by atoms with Gasteiger partial charge in [0.25, 0.3) is 10.1 Å². The average molecular weight is 205 g/mol. The summed E-state index contributed by atoms with van der Waals surface area (Å²) in [5.41, 5.74) is 0.881. The van der Waals surface area contributed by atoms with E-state index >= 15 is 0 Å². The lowest BCUT2D eigenvalue weighted by Gasteiger charge is -2.01. The summed E-state index contributed by atoms with van der Waals surface area (Å²) in [6, 6.07) is 5.72. The maximum atomic E-state index is 12.0. The predicted octanol–water partition coefficient (Wildman–Crippen LogP) is 1.63. The molecule has 0 aliphatic heterocycles. The number of rotatable bonds is 3. The van der Waals surface area contributed by atoms with Gasteiger partial charge in [0.15, 0.2) is 0 Å². The summed E-state index contributed by atoms with van der Waals surface area (Å²) >= 11 is 0. The first kappa shape index (κ1) is 8.65.